The number of nitrogens with one attached hydrogen (secondary N) is 1. The summed E-state index contributed by atoms with van der Waals surface area (Å²) in [7, 11) is 1.58. The van der Waals surface area contributed by atoms with Crippen molar-refractivity contribution < 1.29 is 4.79 Å². The van der Waals surface area contributed by atoms with Crippen molar-refractivity contribution in [3.63, 3.8) is 0 Å². The molecule has 0 unspecified atom stereocenters. The van der Waals surface area contributed by atoms with E-state index in [9.17, 15) is 9.59 Å². The first-order chi connectivity index (χ1) is 16.6. The van der Waals surface area contributed by atoms with E-state index >= 15 is 0 Å². The topological polar surface area (TPSA) is 68.9 Å². The minimum Gasteiger partial charge on any atom is -0.350 e. The average Bonchev–Trinajstić information content (AvgIpc) is 3.29. The largest absolute Gasteiger partial charge is 0.350 e. The summed E-state index contributed by atoms with van der Waals surface area (Å²) in [6.07, 6.45) is 2.01. The molecule has 0 aliphatic rings. The van der Waals surface area contributed by atoms with Crippen LogP contribution >= 0.6 is 0 Å². The molecule has 1 N–H and O–H groups in total. The number of benzene rings is 3. The number of carbonyl (C=O) groups excluding carboxylic acids is 1. The highest BCUT2D eigenvalue weighted by molar-refractivity contribution is 6.03. The highest BCUT2D eigenvalue weighted by Crippen LogP contribution is 2.31. The van der Waals surface area contributed by atoms with Gasteiger partial charge >= 0.3 is 0 Å². The van der Waals surface area contributed by atoms with Gasteiger partial charge in [0.1, 0.15) is 5.56 Å². The fraction of sp³-hybridized carbons (Fsp3) is 0.107. The zero-order valence-electron chi connectivity index (χ0n) is 18.8. The maximum atomic E-state index is 13.4. The van der Waals surface area contributed by atoms with E-state index in [1.165, 1.54) is 4.68 Å². The summed E-state index contributed by atoms with van der Waals surface area (Å²) < 4.78 is 3.33. The van der Waals surface area contributed by atoms with E-state index in [0.717, 1.165) is 22.0 Å². The fourth-order valence-corrected chi connectivity index (χ4v) is 4.24. The Hall–Kier alpha value is -4.45. The molecule has 0 aliphatic carbocycles. The summed E-state index contributed by atoms with van der Waals surface area (Å²) >= 11 is 0. The van der Waals surface area contributed by atoms with Gasteiger partial charge in [0, 0.05) is 43.0 Å². The number of para-hydroxylation sites is 1. The molecule has 6 heteroatoms. The van der Waals surface area contributed by atoms with E-state index in [0.29, 0.717) is 24.3 Å². The van der Waals surface area contributed by atoms with E-state index in [-0.39, 0.29) is 5.56 Å². The molecule has 6 nitrogen and oxygen atoms in total. The van der Waals surface area contributed by atoms with Crippen molar-refractivity contribution in [3.05, 3.63) is 113 Å². The molecule has 0 spiro atoms. The number of hydrogen-bond donors (Lipinski definition) is 1. The molecule has 0 fully saturated rings. The maximum absolute atomic E-state index is 13.4. The Kier molecular flexibility index (Phi) is 5.79. The lowest BCUT2D eigenvalue weighted by Gasteiger charge is -2.16. The molecule has 0 radical (unpaired) electrons. The molecular formula is C28H24N4O2. The standard InChI is InChI=1S/C28H24N4O2/c1-31-28(34)25(27(33)29-17-19-32-18-16-20-10-8-9-15-23(20)32)24(21-11-4-2-5-12-21)26(30-31)22-13-6-3-7-14-22/h2-16,18H,17,19H2,1H3,(H,29,33). The van der Waals surface area contributed by atoms with Gasteiger partial charge in [-0.3, -0.25) is 9.59 Å². The van der Waals surface area contributed by atoms with Gasteiger partial charge in [0.2, 0.25) is 0 Å². The fourth-order valence-electron chi connectivity index (χ4n) is 4.24. The number of fused-ring (bicyclic) bond motifs is 1. The Balaban J connectivity index is 1.53. The number of hydrogen-bond acceptors (Lipinski definition) is 3. The van der Waals surface area contributed by atoms with Gasteiger partial charge in [-0.25, -0.2) is 4.68 Å². The Bertz CT molecular complexity index is 1520. The summed E-state index contributed by atoms with van der Waals surface area (Å²) in [5.74, 6) is -0.407. The molecule has 0 saturated heterocycles. The van der Waals surface area contributed by atoms with Crippen molar-refractivity contribution in [3.8, 4) is 22.4 Å². The molecule has 5 rings (SSSR count). The van der Waals surface area contributed by atoms with Gasteiger partial charge < -0.3 is 9.88 Å². The minimum absolute atomic E-state index is 0.0971. The number of amides is 1. The molecule has 5 aromatic rings. The third kappa shape index (κ3) is 4.01. The van der Waals surface area contributed by atoms with Crippen LogP contribution in [0.15, 0.2) is 102 Å². The van der Waals surface area contributed by atoms with Crippen LogP contribution in [0, 0.1) is 0 Å². The summed E-state index contributed by atoms with van der Waals surface area (Å²) in [6.45, 7) is 0.981. The van der Waals surface area contributed by atoms with Crippen LogP contribution in [0.4, 0.5) is 0 Å². The van der Waals surface area contributed by atoms with Gasteiger partial charge in [-0.05, 0) is 23.1 Å². The molecule has 2 aromatic heterocycles. The SMILES string of the molecule is Cn1nc(-c2ccccc2)c(-c2ccccc2)c(C(=O)NCCn2ccc3ccccc32)c1=O. The van der Waals surface area contributed by atoms with Gasteiger partial charge in [0.25, 0.3) is 11.5 Å². The molecule has 168 valence electrons. The second kappa shape index (κ2) is 9.19. The maximum Gasteiger partial charge on any atom is 0.280 e. The predicted molar refractivity (Wildman–Crippen MR) is 135 cm³/mol. The number of rotatable bonds is 6. The molecule has 0 bridgehead atoms. The summed E-state index contributed by atoms with van der Waals surface area (Å²) in [5.41, 5.74) is 3.52. The van der Waals surface area contributed by atoms with Crippen molar-refractivity contribution in [2.75, 3.05) is 6.54 Å². The highest BCUT2D eigenvalue weighted by Gasteiger charge is 2.24. The normalized spacial score (nSPS) is 11.0. The molecular weight excluding hydrogens is 424 g/mol. The highest BCUT2D eigenvalue weighted by atomic mass is 16.2. The quantitative estimate of drug-likeness (QED) is 0.416. The van der Waals surface area contributed by atoms with Crippen LogP contribution < -0.4 is 10.9 Å². The minimum atomic E-state index is -0.428. The van der Waals surface area contributed by atoms with E-state index in [4.69, 9.17) is 0 Å². The molecule has 3 aromatic carbocycles. The monoisotopic (exact) mass is 448 g/mol. The molecule has 34 heavy (non-hydrogen) atoms. The Morgan fingerprint density at radius 3 is 2.24 bits per heavy atom. The second-order valence-corrected chi connectivity index (χ2v) is 8.08. The molecule has 0 aliphatic heterocycles. The lowest BCUT2D eigenvalue weighted by Crippen LogP contribution is -2.36. The van der Waals surface area contributed by atoms with Crippen LogP contribution in [-0.4, -0.2) is 26.8 Å². The van der Waals surface area contributed by atoms with Crippen LogP contribution in [0.25, 0.3) is 33.3 Å². The van der Waals surface area contributed by atoms with Crippen molar-refractivity contribution in [2.45, 2.75) is 6.54 Å². The first kappa shape index (κ1) is 21.4. The van der Waals surface area contributed by atoms with Crippen molar-refractivity contribution in [1.29, 1.82) is 0 Å². The first-order valence-electron chi connectivity index (χ1n) is 11.2. The van der Waals surface area contributed by atoms with Gasteiger partial charge in [0.05, 0.1) is 5.69 Å². The predicted octanol–water partition coefficient (Wildman–Crippen LogP) is 4.50. The summed E-state index contributed by atoms with van der Waals surface area (Å²) in [4.78, 5) is 26.6. The zero-order valence-corrected chi connectivity index (χ0v) is 18.8. The number of aromatic nitrogens is 3. The Morgan fingerprint density at radius 1 is 0.853 bits per heavy atom. The van der Waals surface area contributed by atoms with Gasteiger partial charge in [-0.2, -0.15) is 5.10 Å². The van der Waals surface area contributed by atoms with Gasteiger partial charge in [-0.15, -0.1) is 0 Å². The van der Waals surface area contributed by atoms with Crippen molar-refractivity contribution in [2.24, 2.45) is 7.05 Å². The second-order valence-electron chi connectivity index (χ2n) is 8.08. The van der Waals surface area contributed by atoms with Crippen LogP contribution in [-0.2, 0) is 13.6 Å². The molecule has 0 atom stereocenters. The lowest BCUT2D eigenvalue weighted by molar-refractivity contribution is 0.0950. The lowest BCUT2D eigenvalue weighted by atomic mass is 9.95. The van der Waals surface area contributed by atoms with Crippen LogP contribution in [0.5, 0.6) is 0 Å². The average molecular weight is 449 g/mol. The smallest absolute Gasteiger partial charge is 0.280 e. The molecule has 0 saturated carbocycles. The van der Waals surface area contributed by atoms with Gasteiger partial charge in [0.15, 0.2) is 0 Å². The number of aryl methyl sites for hydroxylation is 1. The van der Waals surface area contributed by atoms with Crippen molar-refractivity contribution in [1.82, 2.24) is 19.7 Å². The van der Waals surface area contributed by atoms with E-state index in [1.807, 2.05) is 79.0 Å². The Labute approximate surface area is 197 Å². The number of nitrogens with zero attached hydrogens (tertiary/aromatic N) is 3. The molecule has 1 amide bonds. The molecule has 2 heterocycles. The van der Waals surface area contributed by atoms with E-state index < -0.39 is 11.5 Å². The third-order valence-corrected chi connectivity index (χ3v) is 5.90. The van der Waals surface area contributed by atoms with E-state index in [1.54, 1.807) is 7.05 Å². The van der Waals surface area contributed by atoms with Crippen molar-refractivity contribution >= 4 is 16.8 Å². The third-order valence-electron chi connectivity index (χ3n) is 5.90. The van der Waals surface area contributed by atoms with Gasteiger partial charge in [-0.1, -0.05) is 78.9 Å². The zero-order chi connectivity index (χ0) is 23.5. The Morgan fingerprint density at radius 2 is 1.50 bits per heavy atom. The van der Waals surface area contributed by atoms with E-state index in [2.05, 4.69) is 33.2 Å². The summed E-state index contributed by atoms with van der Waals surface area (Å²) in [6, 6.07) is 29.2. The first-order valence-corrected chi connectivity index (χ1v) is 11.2. The summed E-state index contributed by atoms with van der Waals surface area (Å²) in [5, 5.41) is 8.64. The van der Waals surface area contributed by atoms with Crippen LogP contribution in [0.1, 0.15) is 10.4 Å². The number of carbonyl (C=O) groups is 1. The van der Waals surface area contributed by atoms with Crippen LogP contribution in [0.2, 0.25) is 0 Å². The van der Waals surface area contributed by atoms with Crippen LogP contribution in [0.3, 0.4) is 0 Å².